The summed E-state index contributed by atoms with van der Waals surface area (Å²) in [5.41, 5.74) is 1.31. The maximum absolute atomic E-state index is 13.5. The van der Waals surface area contributed by atoms with Crippen molar-refractivity contribution >= 4 is 29.7 Å². The topological polar surface area (TPSA) is 194 Å². The molecule has 4 unspecified atom stereocenters. The Hall–Kier alpha value is -4.45. The van der Waals surface area contributed by atoms with Gasteiger partial charge < -0.3 is 36.6 Å². The molecule has 4 atom stereocenters. The second kappa shape index (κ2) is 13.9. The van der Waals surface area contributed by atoms with Crippen LogP contribution in [-0.4, -0.2) is 75.7 Å². The highest BCUT2D eigenvalue weighted by Crippen LogP contribution is 2.13. The standard InChI is InChI=1S/C27H32N4O8/c32-18-10-8-17(9-11-18)14-21(26(37)31-22(27(38)39)15-23(33)34)30-25(36)20(13-16-5-2-1-3-6-16)29-24(35)19-7-4-12-28-19/h1-3,5-6,8-11,19-22,28,32H,4,7,12-15H2,(H,29,35)(H,30,36)(H,31,37)(H,33,34)(H,38,39). The summed E-state index contributed by atoms with van der Waals surface area (Å²) < 4.78 is 0. The van der Waals surface area contributed by atoms with E-state index in [2.05, 4.69) is 21.3 Å². The molecule has 1 saturated heterocycles. The first-order valence-corrected chi connectivity index (χ1v) is 12.5. The Morgan fingerprint density at radius 1 is 0.795 bits per heavy atom. The maximum atomic E-state index is 13.5. The minimum Gasteiger partial charge on any atom is -0.508 e. The number of aliphatic carboxylic acids is 2. The van der Waals surface area contributed by atoms with Crippen molar-refractivity contribution in [3.63, 3.8) is 0 Å². The van der Waals surface area contributed by atoms with Gasteiger partial charge in [0.2, 0.25) is 17.7 Å². The Balaban J connectivity index is 1.83. The number of benzene rings is 2. The van der Waals surface area contributed by atoms with E-state index in [1.807, 2.05) is 6.07 Å². The Labute approximate surface area is 224 Å². The van der Waals surface area contributed by atoms with Crippen molar-refractivity contribution < 1.29 is 39.3 Å². The molecule has 0 aliphatic carbocycles. The van der Waals surface area contributed by atoms with E-state index in [4.69, 9.17) is 5.11 Å². The van der Waals surface area contributed by atoms with Gasteiger partial charge in [0.15, 0.2) is 0 Å². The van der Waals surface area contributed by atoms with Crippen LogP contribution in [0.2, 0.25) is 0 Å². The molecule has 3 rings (SSSR count). The number of phenolic OH excluding ortho intramolecular Hbond substituents is 1. The predicted molar refractivity (Wildman–Crippen MR) is 139 cm³/mol. The molecule has 0 radical (unpaired) electrons. The van der Waals surface area contributed by atoms with Crippen LogP contribution in [-0.2, 0) is 36.8 Å². The Morgan fingerprint density at radius 2 is 1.36 bits per heavy atom. The summed E-state index contributed by atoms with van der Waals surface area (Å²) in [7, 11) is 0. The van der Waals surface area contributed by atoms with E-state index in [0.29, 0.717) is 18.5 Å². The second-order valence-corrected chi connectivity index (χ2v) is 9.33. The molecule has 1 aliphatic heterocycles. The fourth-order valence-electron chi connectivity index (χ4n) is 4.24. The van der Waals surface area contributed by atoms with Gasteiger partial charge in [0.25, 0.3) is 0 Å². The third-order valence-corrected chi connectivity index (χ3v) is 6.29. The Morgan fingerprint density at radius 3 is 1.90 bits per heavy atom. The first kappa shape index (κ1) is 29.1. The summed E-state index contributed by atoms with van der Waals surface area (Å²) in [4.78, 5) is 62.1. The van der Waals surface area contributed by atoms with Crippen LogP contribution < -0.4 is 21.3 Å². The largest absolute Gasteiger partial charge is 0.508 e. The van der Waals surface area contributed by atoms with E-state index in [1.54, 1.807) is 24.3 Å². The van der Waals surface area contributed by atoms with Crippen molar-refractivity contribution in [2.24, 2.45) is 0 Å². The van der Waals surface area contributed by atoms with E-state index in [0.717, 1.165) is 12.0 Å². The van der Waals surface area contributed by atoms with Gasteiger partial charge in [-0.15, -0.1) is 0 Å². The molecule has 208 valence electrons. The van der Waals surface area contributed by atoms with Gasteiger partial charge in [-0.1, -0.05) is 42.5 Å². The smallest absolute Gasteiger partial charge is 0.326 e. The molecule has 12 heteroatoms. The van der Waals surface area contributed by atoms with E-state index in [9.17, 15) is 34.2 Å². The SMILES string of the molecule is O=C(O)CC(NC(=O)C(Cc1ccc(O)cc1)NC(=O)C(Cc1ccccc1)NC(=O)C1CCCN1)C(=O)O. The first-order chi connectivity index (χ1) is 18.6. The minimum absolute atomic E-state index is 0.0117. The molecule has 0 bridgehead atoms. The summed E-state index contributed by atoms with van der Waals surface area (Å²) in [6.07, 6.45) is 0.631. The van der Waals surface area contributed by atoms with Gasteiger partial charge >= 0.3 is 11.9 Å². The highest BCUT2D eigenvalue weighted by molar-refractivity contribution is 5.95. The number of phenols is 1. The van der Waals surface area contributed by atoms with Gasteiger partial charge in [-0.25, -0.2) is 4.79 Å². The van der Waals surface area contributed by atoms with E-state index in [1.165, 1.54) is 24.3 Å². The molecule has 7 N–H and O–H groups in total. The lowest BCUT2D eigenvalue weighted by atomic mass is 10.0. The van der Waals surface area contributed by atoms with E-state index < -0.39 is 54.3 Å². The number of nitrogens with one attached hydrogen (secondary N) is 4. The Bertz CT molecular complexity index is 1170. The number of hydrogen-bond acceptors (Lipinski definition) is 7. The fourth-order valence-corrected chi connectivity index (χ4v) is 4.24. The van der Waals surface area contributed by atoms with Crippen molar-refractivity contribution in [2.45, 2.75) is 56.3 Å². The summed E-state index contributed by atoms with van der Waals surface area (Å²) >= 11 is 0. The van der Waals surface area contributed by atoms with Crippen LogP contribution in [0.25, 0.3) is 0 Å². The van der Waals surface area contributed by atoms with Crippen molar-refractivity contribution in [1.82, 2.24) is 21.3 Å². The number of aromatic hydroxyl groups is 1. The van der Waals surface area contributed by atoms with Crippen LogP contribution in [0.4, 0.5) is 0 Å². The normalized spacial score (nSPS) is 16.9. The number of rotatable bonds is 13. The maximum Gasteiger partial charge on any atom is 0.326 e. The second-order valence-electron chi connectivity index (χ2n) is 9.33. The van der Waals surface area contributed by atoms with Crippen LogP contribution in [0.1, 0.15) is 30.4 Å². The highest BCUT2D eigenvalue weighted by Gasteiger charge is 2.32. The molecular formula is C27H32N4O8. The molecular weight excluding hydrogens is 508 g/mol. The van der Waals surface area contributed by atoms with Crippen LogP contribution in [0.5, 0.6) is 5.75 Å². The molecule has 39 heavy (non-hydrogen) atoms. The van der Waals surface area contributed by atoms with Gasteiger partial charge in [-0.2, -0.15) is 0 Å². The number of carbonyl (C=O) groups excluding carboxylic acids is 3. The lowest BCUT2D eigenvalue weighted by Gasteiger charge is -2.25. The van der Waals surface area contributed by atoms with Gasteiger partial charge in [0.05, 0.1) is 12.5 Å². The van der Waals surface area contributed by atoms with Gasteiger partial charge in [-0.3, -0.25) is 19.2 Å². The molecule has 0 saturated carbocycles. The molecule has 12 nitrogen and oxygen atoms in total. The summed E-state index contributed by atoms with van der Waals surface area (Å²) in [6.45, 7) is 0.684. The number of hydrogen-bond donors (Lipinski definition) is 7. The van der Waals surface area contributed by atoms with Crippen LogP contribution in [0.3, 0.4) is 0 Å². The Kier molecular flexibility index (Phi) is 10.4. The van der Waals surface area contributed by atoms with E-state index in [-0.39, 0.29) is 24.5 Å². The molecule has 2 aromatic carbocycles. The third-order valence-electron chi connectivity index (χ3n) is 6.29. The van der Waals surface area contributed by atoms with Crippen LogP contribution in [0.15, 0.2) is 54.6 Å². The van der Waals surface area contributed by atoms with Crippen LogP contribution in [0, 0.1) is 0 Å². The zero-order chi connectivity index (χ0) is 28.4. The zero-order valence-corrected chi connectivity index (χ0v) is 21.1. The number of carboxylic acids is 2. The highest BCUT2D eigenvalue weighted by atomic mass is 16.4. The molecule has 1 heterocycles. The molecule has 3 amide bonds. The third kappa shape index (κ3) is 9.11. The number of carbonyl (C=O) groups is 5. The van der Waals surface area contributed by atoms with Gasteiger partial charge in [-0.05, 0) is 42.6 Å². The molecule has 0 aromatic heterocycles. The summed E-state index contributed by atoms with van der Waals surface area (Å²) in [5, 5.41) is 38.6. The van der Waals surface area contributed by atoms with Crippen LogP contribution >= 0.6 is 0 Å². The predicted octanol–water partition coefficient (Wildman–Crippen LogP) is -0.0569. The number of amides is 3. The summed E-state index contributed by atoms with van der Waals surface area (Å²) in [5.74, 6) is -4.91. The zero-order valence-electron chi connectivity index (χ0n) is 21.1. The van der Waals surface area contributed by atoms with Crippen molar-refractivity contribution in [1.29, 1.82) is 0 Å². The van der Waals surface area contributed by atoms with Gasteiger partial charge in [0.1, 0.15) is 23.9 Å². The molecule has 1 fully saturated rings. The average Bonchev–Trinajstić information content (AvgIpc) is 3.44. The lowest BCUT2D eigenvalue weighted by Crippen LogP contribution is -2.58. The lowest BCUT2D eigenvalue weighted by molar-refractivity contribution is -0.147. The fraction of sp³-hybridized carbons (Fsp3) is 0.370. The van der Waals surface area contributed by atoms with Crippen molar-refractivity contribution in [3.8, 4) is 5.75 Å². The minimum atomic E-state index is -1.72. The van der Waals surface area contributed by atoms with Gasteiger partial charge in [0, 0.05) is 12.8 Å². The van der Waals surface area contributed by atoms with Crippen molar-refractivity contribution in [2.75, 3.05) is 6.54 Å². The average molecular weight is 541 g/mol. The van der Waals surface area contributed by atoms with E-state index >= 15 is 0 Å². The quantitative estimate of drug-likeness (QED) is 0.182. The molecule has 0 spiro atoms. The molecule has 1 aliphatic rings. The molecule has 2 aromatic rings. The monoisotopic (exact) mass is 540 g/mol. The number of carboxylic acid groups (broad SMARTS) is 2. The van der Waals surface area contributed by atoms with Crippen molar-refractivity contribution in [3.05, 3.63) is 65.7 Å². The first-order valence-electron chi connectivity index (χ1n) is 12.5. The summed E-state index contributed by atoms with van der Waals surface area (Å²) in [6, 6.07) is 10.3.